The van der Waals surface area contributed by atoms with Crippen LogP contribution >= 0.6 is 0 Å². The topological polar surface area (TPSA) is 20.3 Å². The van der Waals surface area contributed by atoms with Gasteiger partial charge in [0.2, 0.25) is 6.41 Å². The summed E-state index contributed by atoms with van der Waals surface area (Å²) in [5.41, 5.74) is 4.15. The molecule has 3 rings (SSSR count). The van der Waals surface area contributed by atoms with E-state index in [9.17, 15) is 4.79 Å². The molecule has 2 heteroatoms. The van der Waals surface area contributed by atoms with E-state index in [0.717, 1.165) is 32.2 Å². The lowest BCUT2D eigenvalue weighted by molar-refractivity contribution is -0.120. The van der Waals surface area contributed by atoms with E-state index in [1.807, 2.05) is 4.90 Å². The Morgan fingerprint density at radius 2 is 2.12 bits per heavy atom. The SMILES string of the molecule is O=CN1CCCCC1C1=Cc2ccccc2C1. The van der Waals surface area contributed by atoms with E-state index in [0.29, 0.717) is 6.04 Å². The molecule has 0 radical (unpaired) electrons. The maximum absolute atomic E-state index is 11.1. The largest absolute Gasteiger partial charge is 0.339 e. The van der Waals surface area contributed by atoms with Gasteiger partial charge in [-0.1, -0.05) is 30.3 Å². The first-order valence-corrected chi connectivity index (χ1v) is 6.38. The summed E-state index contributed by atoms with van der Waals surface area (Å²) < 4.78 is 0. The van der Waals surface area contributed by atoms with Crippen molar-refractivity contribution in [3.8, 4) is 0 Å². The second-order valence-corrected chi connectivity index (χ2v) is 4.95. The van der Waals surface area contributed by atoms with E-state index in [-0.39, 0.29) is 0 Å². The summed E-state index contributed by atoms with van der Waals surface area (Å²) in [6.07, 6.45) is 7.83. The zero-order valence-electron chi connectivity index (χ0n) is 9.93. The highest BCUT2D eigenvalue weighted by atomic mass is 16.1. The molecule has 17 heavy (non-hydrogen) atoms. The predicted octanol–water partition coefficient (Wildman–Crippen LogP) is 2.64. The molecule has 1 aliphatic heterocycles. The smallest absolute Gasteiger partial charge is 0.210 e. The summed E-state index contributed by atoms with van der Waals surface area (Å²) in [5, 5.41) is 0. The molecular formula is C15H17NO. The molecule has 0 bridgehead atoms. The molecular weight excluding hydrogens is 210 g/mol. The first-order valence-electron chi connectivity index (χ1n) is 6.38. The Hall–Kier alpha value is -1.57. The van der Waals surface area contributed by atoms with Crippen molar-refractivity contribution in [2.45, 2.75) is 31.7 Å². The average Bonchev–Trinajstić information content (AvgIpc) is 2.82. The van der Waals surface area contributed by atoms with Crippen LogP contribution in [-0.2, 0) is 11.2 Å². The van der Waals surface area contributed by atoms with Crippen LogP contribution in [0.1, 0.15) is 30.4 Å². The lowest BCUT2D eigenvalue weighted by Gasteiger charge is -2.33. The third-order valence-electron chi connectivity index (χ3n) is 3.90. The predicted molar refractivity (Wildman–Crippen MR) is 68.5 cm³/mol. The number of fused-ring (bicyclic) bond motifs is 1. The monoisotopic (exact) mass is 227 g/mol. The van der Waals surface area contributed by atoms with E-state index < -0.39 is 0 Å². The van der Waals surface area contributed by atoms with E-state index in [1.54, 1.807) is 0 Å². The van der Waals surface area contributed by atoms with Crippen molar-refractivity contribution < 1.29 is 4.79 Å². The second-order valence-electron chi connectivity index (χ2n) is 4.95. The third-order valence-corrected chi connectivity index (χ3v) is 3.90. The van der Waals surface area contributed by atoms with Crippen LogP contribution in [0.4, 0.5) is 0 Å². The quantitative estimate of drug-likeness (QED) is 0.711. The van der Waals surface area contributed by atoms with Crippen molar-refractivity contribution in [1.29, 1.82) is 0 Å². The molecule has 1 aromatic rings. The maximum atomic E-state index is 11.1. The summed E-state index contributed by atoms with van der Waals surface area (Å²) in [7, 11) is 0. The standard InChI is InChI=1S/C15H17NO/c17-11-16-8-4-3-7-15(16)14-9-12-5-1-2-6-13(12)10-14/h1-2,5-6,9,11,15H,3-4,7-8,10H2. The number of likely N-dealkylation sites (tertiary alicyclic amines) is 1. The molecule has 2 nitrogen and oxygen atoms in total. The van der Waals surface area contributed by atoms with Gasteiger partial charge in [0.15, 0.2) is 0 Å². The van der Waals surface area contributed by atoms with Gasteiger partial charge < -0.3 is 4.90 Å². The highest BCUT2D eigenvalue weighted by Crippen LogP contribution is 2.32. The van der Waals surface area contributed by atoms with Crippen molar-refractivity contribution in [2.75, 3.05) is 6.54 Å². The molecule has 0 N–H and O–H groups in total. The highest BCUT2D eigenvalue weighted by molar-refractivity contribution is 5.66. The Kier molecular flexibility index (Phi) is 2.71. The van der Waals surface area contributed by atoms with Crippen molar-refractivity contribution in [3.05, 3.63) is 41.0 Å². The van der Waals surface area contributed by atoms with Gasteiger partial charge in [0, 0.05) is 6.54 Å². The number of benzene rings is 1. The molecule has 1 saturated heterocycles. The van der Waals surface area contributed by atoms with Gasteiger partial charge in [-0.05, 0) is 42.4 Å². The van der Waals surface area contributed by atoms with E-state index in [1.165, 1.54) is 23.1 Å². The average molecular weight is 227 g/mol. The van der Waals surface area contributed by atoms with Gasteiger partial charge >= 0.3 is 0 Å². The van der Waals surface area contributed by atoms with Gasteiger partial charge in [-0.15, -0.1) is 0 Å². The van der Waals surface area contributed by atoms with Crippen molar-refractivity contribution >= 4 is 12.5 Å². The molecule has 1 aromatic carbocycles. The van der Waals surface area contributed by atoms with Gasteiger partial charge in [-0.2, -0.15) is 0 Å². The number of hydrogen-bond acceptors (Lipinski definition) is 1. The van der Waals surface area contributed by atoms with E-state index in [4.69, 9.17) is 0 Å². The number of carbonyl (C=O) groups excluding carboxylic acids is 1. The minimum absolute atomic E-state index is 0.341. The number of carbonyl (C=O) groups is 1. The number of nitrogens with zero attached hydrogens (tertiary/aromatic N) is 1. The molecule has 88 valence electrons. The van der Waals surface area contributed by atoms with Crippen LogP contribution < -0.4 is 0 Å². The maximum Gasteiger partial charge on any atom is 0.210 e. The third kappa shape index (κ3) is 1.88. The zero-order chi connectivity index (χ0) is 11.7. The molecule has 0 saturated carbocycles. The van der Waals surface area contributed by atoms with Gasteiger partial charge in [0.05, 0.1) is 6.04 Å². The minimum atomic E-state index is 0.341. The first kappa shape index (κ1) is 10.6. The molecule has 1 heterocycles. The molecule has 1 atom stereocenters. The fourth-order valence-electron chi connectivity index (χ4n) is 3.00. The number of piperidine rings is 1. The van der Waals surface area contributed by atoms with Crippen LogP contribution in [0, 0.1) is 0 Å². The molecule has 1 unspecified atom stereocenters. The Bertz CT molecular complexity index is 464. The van der Waals surface area contributed by atoms with Crippen LogP contribution in [0.15, 0.2) is 29.8 Å². The van der Waals surface area contributed by atoms with Crippen molar-refractivity contribution in [1.82, 2.24) is 4.90 Å². The molecule has 1 fully saturated rings. The van der Waals surface area contributed by atoms with E-state index in [2.05, 4.69) is 30.3 Å². The molecule has 1 aliphatic carbocycles. The Morgan fingerprint density at radius 3 is 2.94 bits per heavy atom. The highest BCUT2D eigenvalue weighted by Gasteiger charge is 2.27. The van der Waals surface area contributed by atoms with Crippen LogP contribution in [0.3, 0.4) is 0 Å². The number of amides is 1. The Morgan fingerprint density at radius 1 is 1.24 bits per heavy atom. The first-order chi connectivity index (χ1) is 8.38. The zero-order valence-corrected chi connectivity index (χ0v) is 9.93. The fraction of sp³-hybridized carbons (Fsp3) is 0.400. The lowest BCUT2D eigenvalue weighted by atomic mass is 9.94. The molecule has 2 aliphatic rings. The van der Waals surface area contributed by atoms with Gasteiger partial charge in [-0.25, -0.2) is 0 Å². The Balaban J connectivity index is 1.85. The molecule has 1 amide bonds. The fourth-order valence-corrected chi connectivity index (χ4v) is 3.00. The number of rotatable bonds is 2. The van der Waals surface area contributed by atoms with Gasteiger partial charge in [0.25, 0.3) is 0 Å². The lowest BCUT2D eigenvalue weighted by Crippen LogP contribution is -2.39. The number of hydrogen-bond donors (Lipinski definition) is 0. The van der Waals surface area contributed by atoms with Crippen LogP contribution in [0.25, 0.3) is 6.08 Å². The van der Waals surface area contributed by atoms with Crippen LogP contribution in [-0.4, -0.2) is 23.9 Å². The summed E-state index contributed by atoms with van der Waals surface area (Å²) in [5.74, 6) is 0. The van der Waals surface area contributed by atoms with Crippen molar-refractivity contribution in [3.63, 3.8) is 0 Å². The summed E-state index contributed by atoms with van der Waals surface area (Å²) in [6.45, 7) is 0.919. The Labute approximate surface area is 102 Å². The minimum Gasteiger partial charge on any atom is -0.339 e. The van der Waals surface area contributed by atoms with Gasteiger partial charge in [0.1, 0.15) is 0 Å². The summed E-state index contributed by atoms with van der Waals surface area (Å²) in [6, 6.07) is 8.86. The molecule has 0 aromatic heterocycles. The van der Waals surface area contributed by atoms with Crippen LogP contribution in [0.2, 0.25) is 0 Å². The molecule has 0 spiro atoms. The second kappa shape index (κ2) is 4.36. The summed E-state index contributed by atoms with van der Waals surface area (Å²) in [4.78, 5) is 13.1. The van der Waals surface area contributed by atoms with Crippen LogP contribution in [0.5, 0.6) is 0 Å². The van der Waals surface area contributed by atoms with E-state index >= 15 is 0 Å². The normalized spacial score (nSPS) is 23.2. The van der Waals surface area contributed by atoms with Gasteiger partial charge in [-0.3, -0.25) is 4.79 Å². The van der Waals surface area contributed by atoms with Crippen molar-refractivity contribution in [2.24, 2.45) is 0 Å². The summed E-state index contributed by atoms with van der Waals surface area (Å²) >= 11 is 0.